The standard InChI is InChI=1S/C24H26N2O2S2/c1-5-10-26-23(28)21-18-9-6-14(2)11-20(18)30-22(21)25-24(26)29-13-19(27)17-8-7-15(3)16(4)12-17/h5,7-8,12,14H,1,6,9-11,13H2,2-4H3. The summed E-state index contributed by atoms with van der Waals surface area (Å²) in [5.74, 6) is 0.937. The molecule has 3 aromatic rings. The van der Waals surface area contributed by atoms with Crippen molar-refractivity contribution in [3.05, 3.63) is 68.3 Å². The van der Waals surface area contributed by atoms with Crippen molar-refractivity contribution in [1.29, 1.82) is 0 Å². The second-order valence-corrected chi connectivity index (χ2v) is 10.2. The van der Waals surface area contributed by atoms with E-state index in [2.05, 4.69) is 13.5 Å². The fourth-order valence-corrected chi connectivity index (χ4v) is 6.26. The number of hydrogen-bond donors (Lipinski definition) is 0. The first-order chi connectivity index (χ1) is 14.4. The highest BCUT2D eigenvalue weighted by Crippen LogP contribution is 2.36. The molecule has 30 heavy (non-hydrogen) atoms. The summed E-state index contributed by atoms with van der Waals surface area (Å²) < 4.78 is 1.67. The maximum Gasteiger partial charge on any atom is 0.263 e. The normalized spacial score (nSPS) is 15.9. The SMILES string of the molecule is C=CCn1c(SCC(=O)c2ccc(C)c(C)c2)nc2sc3c(c2c1=O)CCC(C)C3. The van der Waals surface area contributed by atoms with Crippen molar-refractivity contribution in [2.75, 3.05) is 5.75 Å². The fraction of sp³-hybridized carbons (Fsp3) is 0.375. The van der Waals surface area contributed by atoms with Gasteiger partial charge in [0, 0.05) is 17.0 Å². The van der Waals surface area contributed by atoms with Crippen molar-refractivity contribution >= 4 is 39.1 Å². The number of allylic oxidation sites excluding steroid dienone is 1. The Morgan fingerprint density at radius 2 is 2.17 bits per heavy atom. The van der Waals surface area contributed by atoms with Crippen LogP contribution in [0.4, 0.5) is 0 Å². The summed E-state index contributed by atoms with van der Waals surface area (Å²) >= 11 is 2.98. The lowest BCUT2D eigenvalue weighted by molar-refractivity contribution is 0.102. The van der Waals surface area contributed by atoms with Crippen LogP contribution in [-0.2, 0) is 19.4 Å². The Morgan fingerprint density at radius 3 is 2.90 bits per heavy atom. The number of aromatic nitrogens is 2. The average molecular weight is 439 g/mol. The van der Waals surface area contributed by atoms with E-state index in [0.29, 0.717) is 23.2 Å². The third-order valence-electron chi connectivity index (χ3n) is 5.85. The average Bonchev–Trinajstić information content (AvgIpc) is 3.08. The van der Waals surface area contributed by atoms with Crippen molar-refractivity contribution in [2.45, 2.75) is 51.7 Å². The molecule has 1 aliphatic carbocycles. The number of Topliss-reactive ketones (excluding diaryl/α,β-unsaturated/α-hetero) is 1. The zero-order valence-electron chi connectivity index (χ0n) is 17.7. The number of thioether (sulfide) groups is 1. The number of rotatable bonds is 6. The predicted molar refractivity (Wildman–Crippen MR) is 126 cm³/mol. The van der Waals surface area contributed by atoms with Crippen LogP contribution in [0, 0.1) is 19.8 Å². The lowest BCUT2D eigenvalue weighted by Crippen LogP contribution is -2.24. The van der Waals surface area contributed by atoms with Gasteiger partial charge in [-0.15, -0.1) is 17.9 Å². The molecule has 1 atom stereocenters. The number of nitrogens with zero attached hydrogens (tertiary/aromatic N) is 2. The van der Waals surface area contributed by atoms with Gasteiger partial charge in [0.15, 0.2) is 10.9 Å². The molecule has 2 aromatic heterocycles. The van der Waals surface area contributed by atoms with E-state index in [1.54, 1.807) is 22.0 Å². The van der Waals surface area contributed by atoms with E-state index >= 15 is 0 Å². The van der Waals surface area contributed by atoms with E-state index in [0.717, 1.165) is 35.0 Å². The van der Waals surface area contributed by atoms with Crippen LogP contribution >= 0.6 is 23.1 Å². The van der Waals surface area contributed by atoms with Crippen molar-refractivity contribution in [2.24, 2.45) is 5.92 Å². The topological polar surface area (TPSA) is 52.0 Å². The Balaban J connectivity index is 1.68. The molecule has 0 saturated heterocycles. The van der Waals surface area contributed by atoms with Crippen LogP contribution in [0.1, 0.15) is 45.3 Å². The molecule has 1 aliphatic rings. The van der Waals surface area contributed by atoms with Gasteiger partial charge < -0.3 is 0 Å². The van der Waals surface area contributed by atoms with Crippen LogP contribution in [0.2, 0.25) is 0 Å². The molecule has 1 aromatic carbocycles. The van der Waals surface area contributed by atoms with E-state index in [9.17, 15) is 9.59 Å². The maximum atomic E-state index is 13.3. The summed E-state index contributed by atoms with van der Waals surface area (Å²) in [6, 6.07) is 5.77. The van der Waals surface area contributed by atoms with Gasteiger partial charge in [0.05, 0.1) is 11.1 Å². The molecule has 0 amide bonds. The van der Waals surface area contributed by atoms with Crippen LogP contribution in [0.3, 0.4) is 0 Å². The summed E-state index contributed by atoms with van der Waals surface area (Å²) in [6.07, 6.45) is 4.79. The Labute approximate surface area is 185 Å². The Hall–Kier alpha value is -2.18. The van der Waals surface area contributed by atoms with Crippen LogP contribution < -0.4 is 5.56 Å². The molecule has 0 spiro atoms. The third-order valence-corrected chi connectivity index (χ3v) is 7.98. The van der Waals surface area contributed by atoms with Gasteiger partial charge in [0.1, 0.15) is 4.83 Å². The summed E-state index contributed by atoms with van der Waals surface area (Å²) in [7, 11) is 0. The first-order valence-electron chi connectivity index (χ1n) is 10.3. The summed E-state index contributed by atoms with van der Waals surface area (Å²) in [6.45, 7) is 10.5. The molecular weight excluding hydrogens is 412 g/mol. The monoisotopic (exact) mass is 438 g/mol. The minimum atomic E-state index is -0.00641. The van der Waals surface area contributed by atoms with Gasteiger partial charge in [-0.1, -0.05) is 36.9 Å². The van der Waals surface area contributed by atoms with Gasteiger partial charge in [-0.25, -0.2) is 4.98 Å². The number of benzene rings is 1. The zero-order chi connectivity index (χ0) is 21.4. The number of thiophene rings is 1. The lowest BCUT2D eigenvalue weighted by Gasteiger charge is -2.17. The van der Waals surface area contributed by atoms with Crippen LogP contribution in [0.15, 0.2) is 40.8 Å². The molecule has 1 unspecified atom stereocenters. The molecule has 0 fully saturated rings. The molecule has 0 radical (unpaired) electrons. The largest absolute Gasteiger partial charge is 0.293 e. The lowest BCUT2D eigenvalue weighted by atomic mass is 9.89. The first-order valence-corrected chi connectivity index (χ1v) is 12.1. The van der Waals surface area contributed by atoms with Gasteiger partial charge in [0.2, 0.25) is 0 Å². The van der Waals surface area contributed by atoms with E-state index in [1.165, 1.54) is 27.8 Å². The second kappa shape index (κ2) is 8.52. The number of carbonyl (C=O) groups excluding carboxylic acids is 1. The molecule has 0 saturated carbocycles. The number of hydrogen-bond acceptors (Lipinski definition) is 5. The summed E-state index contributed by atoms with van der Waals surface area (Å²) in [5, 5.41) is 1.37. The van der Waals surface area contributed by atoms with Crippen LogP contribution in [-0.4, -0.2) is 21.1 Å². The summed E-state index contributed by atoms with van der Waals surface area (Å²) in [4.78, 5) is 33.0. The van der Waals surface area contributed by atoms with Crippen LogP contribution in [0.25, 0.3) is 10.2 Å². The quantitative estimate of drug-likeness (QED) is 0.225. The highest BCUT2D eigenvalue weighted by molar-refractivity contribution is 7.99. The molecule has 2 heterocycles. The minimum Gasteiger partial charge on any atom is -0.293 e. The zero-order valence-corrected chi connectivity index (χ0v) is 19.3. The Morgan fingerprint density at radius 1 is 1.37 bits per heavy atom. The highest BCUT2D eigenvalue weighted by atomic mass is 32.2. The van der Waals surface area contributed by atoms with E-state index < -0.39 is 0 Å². The molecule has 156 valence electrons. The molecule has 4 rings (SSSR count). The predicted octanol–water partition coefficient (Wildman–Crippen LogP) is 5.36. The minimum absolute atomic E-state index is 0.00641. The smallest absolute Gasteiger partial charge is 0.263 e. The van der Waals surface area contributed by atoms with E-state index in [4.69, 9.17) is 4.98 Å². The Kier molecular flexibility index (Phi) is 5.98. The van der Waals surface area contributed by atoms with Crippen molar-refractivity contribution in [1.82, 2.24) is 9.55 Å². The molecule has 0 bridgehead atoms. The van der Waals surface area contributed by atoms with Gasteiger partial charge in [-0.2, -0.15) is 0 Å². The number of fused-ring (bicyclic) bond motifs is 3. The van der Waals surface area contributed by atoms with E-state index in [-0.39, 0.29) is 17.1 Å². The highest BCUT2D eigenvalue weighted by Gasteiger charge is 2.24. The van der Waals surface area contributed by atoms with Crippen molar-refractivity contribution < 1.29 is 4.79 Å². The number of ketones is 1. The maximum absolute atomic E-state index is 13.3. The van der Waals surface area contributed by atoms with Crippen LogP contribution in [0.5, 0.6) is 0 Å². The third kappa shape index (κ3) is 3.91. The van der Waals surface area contributed by atoms with Gasteiger partial charge >= 0.3 is 0 Å². The second-order valence-electron chi connectivity index (χ2n) is 8.14. The fourth-order valence-electron chi connectivity index (χ4n) is 3.93. The molecule has 6 heteroatoms. The molecular formula is C24H26N2O2S2. The Bertz CT molecular complexity index is 1210. The molecule has 0 N–H and O–H groups in total. The summed E-state index contributed by atoms with van der Waals surface area (Å²) in [5.41, 5.74) is 4.15. The van der Waals surface area contributed by atoms with Crippen molar-refractivity contribution in [3.8, 4) is 0 Å². The van der Waals surface area contributed by atoms with E-state index in [1.807, 2.05) is 32.0 Å². The number of carbonyl (C=O) groups is 1. The molecule has 0 aliphatic heterocycles. The first kappa shape index (κ1) is 21.1. The van der Waals surface area contributed by atoms with Crippen molar-refractivity contribution in [3.63, 3.8) is 0 Å². The van der Waals surface area contributed by atoms with Gasteiger partial charge in [-0.3, -0.25) is 14.2 Å². The van der Waals surface area contributed by atoms with Gasteiger partial charge in [-0.05, 0) is 61.8 Å². The van der Waals surface area contributed by atoms with Gasteiger partial charge in [0.25, 0.3) is 5.56 Å². The molecule has 4 nitrogen and oxygen atoms in total. The number of aryl methyl sites for hydroxylation is 3.